The van der Waals surface area contributed by atoms with Gasteiger partial charge in [-0.15, -0.1) is 0 Å². The molecule has 0 saturated carbocycles. The van der Waals surface area contributed by atoms with E-state index >= 15 is 0 Å². The number of nitrogens with zero attached hydrogens (tertiary/aromatic N) is 1. The highest BCUT2D eigenvalue weighted by Crippen LogP contribution is 2.29. The number of aromatic nitrogens is 2. The zero-order valence-electron chi connectivity index (χ0n) is 14.0. The summed E-state index contributed by atoms with van der Waals surface area (Å²) in [6, 6.07) is 16.4. The maximum Gasteiger partial charge on any atom is 0.188 e. The first-order valence-electron chi connectivity index (χ1n) is 8.06. The quantitative estimate of drug-likeness (QED) is 0.537. The zero-order valence-corrected chi connectivity index (χ0v) is 14.0. The summed E-state index contributed by atoms with van der Waals surface area (Å²) in [5.41, 5.74) is 2.80. The molecule has 0 unspecified atom stereocenters. The summed E-state index contributed by atoms with van der Waals surface area (Å²) in [7, 11) is 1.63. The molecule has 0 aliphatic rings. The van der Waals surface area contributed by atoms with Crippen LogP contribution >= 0.6 is 0 Å². The summed E-state index contributed by atoms with van der Waals surface area (Å²) in [4.78, 5) is 19.3. The van der Waals surface area contributed by atoms with Crippen LogP contribution in [0.1, 0.15) is 10.4 Å². The molecule has 26 heavy (non-hydrogen) atoms. The number of aliphatic hydroxyl groups excluding tert-OH is 1. The van der Waals surface area contributed by atoms with Gasteiger partial charge in [0, 0.05) is 11.1 Å². The molecule has 4 aromatic rings. The Morgan fingerprint density at radius 3 is 2.62 bits per heavy atom. The maximum absolute atomic E-state index is 11.6. The monoisotopic (exact) mass is 348 g/mol. The van der Waals surface area contributed by atoms with Crippen LogP contribution in [-0.2, 0) is 0 Å². The summed E-state index contributed by atoms with van der Waals surface area (Å²) in [6.07, 6.45) is 0. The van der Waals surface area contributed by atoms with E-state index in [0.29, 0.717) is 22.7 Å². The molecule has 2 N–H and O–H groups in total. The van der Waals surface area contributed by atoms with Crippen LogP contribution in [0.2, 0.25) is 0 Å². The molecule has 2 aromatic carbocycles. The van der Waals surface area contributed by atoms with Crippen molar-refractivity contribution in [3.63, 3.8) is 0 Å². The highest BCUT2D eigenvalue weighted by Gasteiger charge is 2.13. The smallest absolute Gasteiger partial charge is 0.188 e. The fraction of sp³-hybridized carbons (Fsp3) is 0.100. The molecular weight excluding hydrogens is 332 g/mol. The minimum atomic E-state index is -0.518. The topological polar surface area (TPSA) is 88.4 Å². The van der Waals surface area contributed by atoms with Crippen molar-refractivity contribution in [3.05, 3.63) is 60.2 Å². The van der Waals surface area contributed by atoms with Gasteiger partial charge in [-0.25, -0.2) is 4.98 Å². The van der Waals surface area contributed by atoms with Crippen LogP contribution in [0.5, 0.6) is 5.75 Å². The second kappa shape index (κ2) is 6.50. The number of imidazole rings is 1. The third-order valence-corrected chi connectivity index (χ3v) is 4.16. The van der Waals surface area contributed by atoms with Gasteiger partial charge in [-0.05, 0) is 54.6 Å². The minimum Gasteiger partial charge on any atom is -0.497 e. The van der Waals surface area contributed by atoms with Gasteiger partial charge in [0.2, 0.25) is 0 Å². The number of furan rings is 1. The Labute approximate surface area is 149 Å². The molecule has 0 aliphatic heterocycles. The Kier molecular flexibility index (Phi) is 4.02. The van der Waals surface area contributed by atoms with Gasteiger partial charge in [-0.1, -0.05) is 0 Å². The van der Waals surface area contributed by atoms with Crippen molar-refractivity contribution in [2.75, 3.05) is 13.7 Å². The molecular formula is C20H16N2O4. The first-order chi connectivity index (χ1) is 12.7. The normalized spacial score (nSPS) is 11.0. The Hall–Kier alpha value is -3.38. The van der Waals surface area contributed by atoms with E-state index in [1.807, 2.05) is 36.4 Å². The van der Waals surface area contributed by atoms with E-state index in [9.17, 15) is 4.79 Å². The summed E-state index contributed by atoms with van der Waals surface area (Å²) >= 11 is 0. The van der Waals surface area contributed by atoms with Crippen molar-refractivity contribution in [2.24, 2.45) is 0 Å². The Morgan fingerprint density at radius 1 is 1.12 bits per heavy atom. The molecule has 0 atom stereocenters. The lowest BCUT2D eigenvalue weighted by Crippen LogP contribution is -2.03. The van der Waals surface area contributed by atoms with E-state index in [2.05, 4.69) is 9.97 Å². The molecule has 6 heteroatoms. The van der Waals surface area contributed by atoms with Crippen molar-refractivity contribution < 1.29 is 19.1 Å². The second-order valence-corrected chi connectivity index (χ2v) is 5.79. The summed E-state index contributed by atoms with van der Waals surface area (Å²) in [5, 5.41) is 8.99. The van der Waals surface area contributed by atoms with Crippen LogP contribution in [0.3, 0.4) is 0 Å². The molecule has 0 saturated heterocycles. The number of Topliss-reactive ketones (excluding diaryl/α,β-unsaturated/α-hetero) is 1. The molecule has 4 rings (SSSR count). The van der Waals surface area contributed by atoms with Crippen molar-refractivity contribution in [2.45, 2.75) is 0 Å². The van der Waals surface area contributed by atoms with E-state index in [1.54, 1.807) is 25.3 Å². The summed E-state index contributed by atoms with van der Waals surface area (Å²) < 4.78 is 11.1. The van der Waals surface area contributed by atoms with E-state index < -0.39 is 6.61 Å². The standard InChI is InChI=1S/C20H16N2O4/c1-25-14-5-2-12(3-6-14)18-8-9-19(26-18)20-21-15-7-4-13(17(24)11-23)10-16(15)22-20/h2-10,23H,11H2,1H3,(H,21,22). The Morgan fingerprint density at radius 2 is 1.88 bits per heavy atom. The average Bonchev–Trinajstić information content (AvgIpc) is 3.33. The number of aromatic amines is 1. The number of ether oxygens (including phenoxy) is 1. The summed E-state index contributed by atoms with van der Waals surface area (Å²) in [5.74, 6) is 2.35. The first-order valence-corrected chi connectivity index (χ1v) is 8.06. The number of fused-ring (bicyclic) bond motifs is 1. The number of carbonyl (C=O) groups excluding carboxylic acids is 1. The van der Waals surface area contributed by atoms with Crippen molar-refractivity contribution >= 4 is 16.8 Å². The van der Waals surface area contributed by atoms with Crippen LogP contribution in [-0.4, -0.2) is 34.6 Å². The molecule has 0 amide bonds. The number of carbonyl (C=O) groups is 1. The molecule has 0 aliphatic carbocycles. The van der Waals surface area contributed by atoms with Crippen molar-refractivity contribution in [1.29, 1.82) is 0 Å². The molecule has 6 nitrogen and oxygen atoms in total. The van der Waals surface area contributed by atoms with Crippen molar-refractivity contribution in [3.8, 4) is 28.7 Å². The maximum atomic E-state index is 11.6. The average molecular weight is 348 g/mol. The van der Waals surface area contributed by atoms with E-state index in [-0.39, 0.29) is 5.78 Å². The number of ketones is 1. The third-order valence-electron chi connectivity index (χ3n) is 4.16. The minimum absolute atomic E-state index is 0.331. The summed E-state index contributed by atoms with van der Waals surface area (Å²) in [6.45, 7) is -0.518. The SMILES string of the molecule is COc1ccc(-c2ccc(-c3nc4ccc(C(=O)CO)cc4[nH]3)o2)cc1. The fourth-order valence-electron chi connectivity index (χ4n) is 2.77. The largest absolute Gasteiger partial charge is 0.497 e. The first kappa shape index (κ1) is 16.1. The van der Waals surface area contributed by atoms with Gasteiger partial charge in [0.25, 0.3) is 0 Å². The lowest BCUT2D eigenvalue weighted by Gasteiger charge is -2.00. The number of benzene rings is 2. The molecule has 0 spiro atoms. The predicted molar refractivity (Wildman–Crippen MR) is 97.2 cm³/mol. The van der Waals surface area contributed by atoms with Crippen LogP contribution in [0, 0.1) is 0 Å². The van der Waals surface area contributed by atoms with Gasteiger partial charge >= 0.3 is 0 Å². The lowest BCUT2D eigenvalue weighted by atomic mass is 10.1. The number of hydrogen-bond donors (Lipinski definition) is 2. The molecule has 0 fully saturated rings. The van der Waals surface area contributed by atoms with Gasteiger partial charge in [-0.3, -0.25) is 4.79 Å². The molecule has 2 heterocycles. The van der Waals surface area contributed by atoms with Crippen LogP contribution in [0.15, 0.2) is 59.0 Å². The molecule has 0 radical (unpaired) electrons. The van der Waals surface area contributed by atoms with E-state index in [1.165, 1.54) is 0 Å². The van der Waals surface area contributed by atoms with Gasteiger partial charge < -0.3 is 19.2 Å². The second-order valence-electron chi connectivity index (χ2n) is 5.79. The number of rotatable bonds is 5. The highest BCUT2D eigenvalue weighted by molar-refractivity contribution is 5.99. The number of methoxy groups -OCH3 is 1. The molecule has 0 bridgehead atoms. The van der Waals surface area contributed by atoms with E-state index in [4.69, 9.17) is 14.3 Å². The van der Waals surface area contributed by atoms with Gasteiger partial charge in [-0.2, -0.15) is 0 Å². The van der Waals surface area contributed by atoms with Crippen LogP contribution in [0.4, 0.5) is 0 Å². The number of hydrogen-bond acceptors (Lipinski definition) is 5. The predicted octanol–water partition coefficient (Wildman–Crippen LogP) is 3.67. The Bertz CT molecular complexity index is 1080. The Balaban J connectivity index is 1.67. The van der Waals surface area contributed by atoms with Gasteiger partial charge in [0.15, 0.2) is 17.4 Å². The number of aliphatic hydroxyl groups is 1. The molecule has 2 aromatic heterocycles. The number of nitrogens with one attached hydrogen (secondary N) is 1. The zero-order chi connectivity index (χ0) is 18.1. The van der Waals surface area contributed by atoms with Gasteiger partial charge in [0.1, 0.15) is 18.1 Å². The van der Waals surface area contributed by atoms with Crippen LogP contribution < -0.4 is 4.74 Å². The van der Waals surface area contributed by atoms with Crippen LogP contribution in [0.25, 0.3) is 33.9 Å². The highest BCUT2D eigenvalue weighted by atomic mass is 16.5. The third kappa shape index (κ3) is 2.87. The number of H-pyrrole nitrogens is 1. The van der Waals surface area contributed by atoms with E-state index in [0.717, 1.165) is 22.6 Å². The fourth-order valence-corrected chi connectivity index (χ4v) is 2.77. The lowest BCUT2D eigenvalue weighted by molar-refractivity contribution is 0.0904. The van der Waals surface area contributed by atoms with Crippen molar-refractivity contribution in [1.82, 2.24) is 9.97 Å². The molecule has 130 valence electrons. The van der Waals surface area contributed by atoms with Gasteiger partial charge in [0.05, 0.1) is 18.1 Å².